The maximum atomic E-state index is 13.8. The summed E-state index contributed by atoms with van der Waals surface area (Å²) >= 11 is 0. The Balaban J connectivity index is 2.05. The van der Waals surface area contributed by atoms with Crippen LogP contribution >= 0.6 is 0 Å². The molecule has 5 heteroatoms. The Morgan fingerprint density at radius 1 is 1.24 bits per heavy atom. The Kier molecular flexibility index (Phi) is 6.73. The van der Waals surface area contributed by atoms with E-state index in [4.69, 9.17) is 0 Å². The molecular weight excluding hydrogens is 317 g/mol. The van der Waals surface area contributed by atoms with Crippen LogP contribution < -0.4 is 0 Å². The van der Waals surface area contributed by atoms with Crippen LogP contribution in [0.4, 0.5) is 4.39 Å². The zero-order chi connectivity index (χ0) is 18.6. The molecule has 25 heavy (non-hydrogen) atoms. The van der Waals surface area contributed by atoms with Crippen LogP contribution in [-0.2, 0) is 4.79 Å². The molecule has 2 unspecified atom stereocenters. The van der Waals surface area contributed by atoms with Gasteiger partial charge < -0.3 is 9.80 Å². The number of likely N-dealkylation sites (N-methyl/N-ethyl adjacent to an activating group) is 1. The summed E-state index contributed by atoms with van der Waals surface area (Å²) < 4.78 is 13.8. The first-order chi connectivity index (χ1) is 11.8. The number of nitrogens with zero attached hydrogens (tertiary/aromatic N) is 3. The number of piperazine rings is 1. The third kappa shape index (κ3) is 5.13. The topological polar surface area (TPSA) is 26.8 Å². The molecule has 4 nitrogen and oxygen atoms in total. The lowest BCUT2D eigenvalue weighted by atomic mass is 10.1. The second-order valence-electron chi connectivity index (χ2n) is 7.30. The Hall–Kier alpha value is -1.72. The molecule has 2 atom stereocenters. The van der Waals surface area contributed by atoms with Gasteiger partial charge in [0.25, 0.3) is 0 Å². The Bertz CT molecular complexity index is 617. The summed E-state index contributed by atoms with van der Waals surface area (Å²) in [5, 5.41) is 0. The molecule has 1 aromatic carbocycles. The molecule has 138 valence electrons. The summed E-state index contributed by atoms with van der Waals surface area (Å²) in [7, 11) is 4.15. The monoisotopic (exact) mass is 347 g/mol. The Morgan fingerprint density at radius 3 is 2.40 bits per heavy atom. The summed E-state index contributed by atoms with van der Waals surface area (Å²) in [5.41, 5.74) is 1.03. The minimum absolute atomic E-state index is 0.00536. The van der Waals surface area contributed by atoms with E-state index in [0.717, 1.165) is 13.1 Å². The van der Waals surface area contributed by atoms with Crippen molar-refractivity contribution in [3.63, 3.8) is 0 Å². The van der Waals surface area contributed by atoms with Crippen LogP contribution in [0.25, 0.3) is 6.08 Å². The molecule has 1 amide bonds. The molecule has 0 aromatic heterocycles. The molecule has 0 spiro atoms. The standard InChI is InChI=1S/C20H30FN3O/c1-15(12-18-8-6-7-9-19(18)21)20(25)23-13-16(2)24(17(3)14-23)11-10-22(4)5/h6-9,12,16-17H,10-11,13-14H2,1-5H3/b15-12+. The first-order valence-corrected chi connectivity index (χ1v) is 8.92. The second kappa shape index (κ2) is 8.59. The number of halogens is 1. The highest BCUT2D eigenvalue weighted by Gasteiger charge is 2.31. The summed E-state index contributed by atoms with van der Waals surface area (Å²) in [6.07, 6.45) is 1.64. The number of amides is 1. The average Bonchev–Trinajstić information content (AvgIpc) is 2.55. The zero-order valence-electron chi connectivity index (χ0n) is 16.0. The molecule has 1 heterocycles. The van der Waals surface area contributed by atoms with E-state index in [2.05, 4.69) is 37.7 Å². The number of carbonyl (C=O) groups is 1. The van der Waals surface area contributed by atoms with Crippen molar-refractivity contribution in [2.75, 3.05) is 40.3 Å². The van der Waals surface area contributed by atoms with Gasteiger partial charge in [-0.15, -0.1) is 0 Å². The molecule has 1 aromatic rings. The van der Waals surface area contributed by atoms with Gasteiger partial charge >= 0.3 is 0 Å². The fourth-order valence-electron chi connectivity index (χ4n) is 3.42. The lowest BCUT2D eigenvalue weighted by molar-refractivity contribution is -0.131. The quantitative estimate of drug-likeness (QED) is 0.766. The maximum Gasteiger partial charge on any atom is 0.249 e. The van der Waals surface area contributed by atoms with Crippen molar-refractivity contribution in [2.24, 2.45) is 0 Å². The molecule has 1 aliphatic rings. The van der Waals surface area contributed by atoms with Crippen LogP contribution in [0.3, 0.4) is 0 Å². The molecule has 0 radical (unpaired) electrons. The number of benzene rings is 1. The van der Waals surface area contributed by atoms with Crippen molar-refractivity contribution in [3.05, 3.63) is 41.2 Å². The van der Waals surface area contributed by atoms with Crippen molar-refractivity contribution in [2.45, 2.75) is 32.9 Å². The number of hydrogen-bond donors (Lipinski definition) is 0. The van der Waals surface area contributed by atoms with Gasteiger partial charge in [0.05, 0.1) is 0 Å². The molecule has 1 fully saturated rings. The van der Waals surface area contributed by atoms with E-state index in [-0.39, 0.29) is 11.7 Å². The zero-order valence-corrected chi connectivity index (χ0v) is 16.0. The SMILES string of the molecule is C/C(=C\c1ccccc1F)C(=O)N1CC(C)N(CCN(C)C)C(C)C1. The van der Waals surface area contributed by atoms with E-state index in [9.17, 15) is 9.18 Å². The smallest absolute Gasteiger partial charge is 0.249 e. The molecule has 0 aliphatic carbocycles. The summed E-state index contributed by atoms with van der Waals surface area (Å²) in [4.78, 5) is 19.3. The largest absolute Gasteiger partial charge is 0.336 e. The average molecular weight is 347 g/mol. The fourth-order valence-corrected chi connectivity index (χ4v) is 3.42. The van der Waals surface area contributed by atoms with E-state index in [1.54, 1.807) is 31.2 Å². The highest BCUT2D eigenvalue weighted by molar-refractivity contribution is 5.97. The van der Waals surface area contributed by atoms with E-state index in [1.165, 1.54) is 6.07 Å². The minimum Gasteiger partial charge on any atom is -0.336 e. The first kappa shape index (κ1) is 19.6. The van der Waals surface area contributed by atoms with Gasteiger partial charge in [-0.1, -0.05) is 18.2 Å². The van der Waals surface area contributed by atoms with Crippen LogP contribution in [-0.4, -0.2) is 73.0 Å². The molecular formula is C20H30FN3O. The van der Waals surface area contributed by atoms with Crippen molar-refractivity contribution in [1.29, 1.82) is 0 Å². The van der Waals surface area contributed by atoms with Crippen molar-refractivity contribution in [3.8, 4) is 0 Å². The summed E-state index contributed by atoms with van der Waals surface area (Å²) in [6, 6.07) is 7.16. The highest BCUT2D eigenvalue weighted by atomic mass is 19.1. The van der Waals surface area contributed by atoms with Crippen LogP contribution in [0.15, 0.2) is 29.8 Å². The Labute approximate surface area is 150 Å². The predicted molar refractivity (Wildman–Crippen MR) is 101 cm³/mol. The van der Waals surface area contributed by atoms with Crippen LogP contribution in [0, 0.1) is 5.82 Å². The van der Waals surface area contributed by atoms with Crippen LogP contribution in [0.2, 0.25) is 0 Å². The molecule has 2 rings (SSSR count). The minimum atomic E-state index is -0.301. The van der Waals surface area contributed by atoms with E-state index < -0.39 is 0 Å². The van der Waals surface area contributed by atoms with Gasteiger partial charge in [-0.05, 0) is 47.0 Å². The van der Waals surface area contributed by atoms with Gasteiger partial charge in [-0.2, -0.15) is 0 Å². The third-order valence-corrected chi connectivity index (χ3v) is 4.81. The third-order valence-electron chi connectivity index (χ3n) is 4.81. The molecule has 1 aliphatic heterocycles. The molecule has 0 saturated carbocycles. The maximum absolute atomic E-state index is 13.8. The summed E-state index contributed by atoms with van der Waals surface area (Å²) in [5.74, 6) is -0.306. The second-order valence-corrected chi connectivity index (χ2v) is 7.30. The van der Waals surface area contributed by atoms with Gasteiger partial charge in [-0.3, -0.25) is 9.69 Å². The van der Waals surface area contributed by atoms with Crippen LogP contribution in [0.1, 0.15) is 26.3 Å². The normalized spacial score (nSPS) is 22.5. The van der Waals surface area contributed by atoms with Crippen molar-refractivity contribution < 1.29 is 9.18 Å². The molecule has 0 N–H and O–H groups in total. The number of carbonyl (C=O) groups excluding carboxylic acids is 1. The van der Waals surface area contributed by atoms with E-state index >= 15 is 0 Å². The van der Waals surface area contributed by atoms with Gasteiger partial charge in [-0.25, -0.2) is 4.39 Å². The van der Waals surface area contributed by atoms with E-state index in [0.29, 0.717) is 36.3 Å². The predicted octanol–water partition coefficient (Wildman–Crippen LogP) is 2.71. The number of rotatable bonds is 5. The Morgan fingerprint density at radius 2 is 1.84 bits per heavy atom. The lowest BCUT2D eigenvalue weighted by Crippen LogP contribution is -2.59. The highest BCUT2D eigenvalue weighted by Crippen LogP contribution is 2.19. The molecule has 1 saturated heterocycles. The van der Waals surface area contributed by atoms with Gasteiger partial charge in [0.2, 0.25) is 5.91 Å². The van der Waals surface area contributed by atoms with Crippen LogP contribution in [0.5, 0.6) is 0 Å². The van der Waals surface area contributed by atoms with Gasteiger partial charge in [0.1, 0.15) is 5.82 Å². The first-order valence-electron chi connectivity index (χ1n) is 8.92. The van der Waals surface area contributed by atoms with Crippen molar-refractivity contribution in [1.82, 2.24) is 14.7 Å². The van der Waals surface area contributed by atoms with Gasteiger partial charge in [0.15, 0.2) is 0 Å². The van der Waals surface area contributed by atoms with E-state index in [1.807, 2.05) is 4.90 Å². The number of hydrogen-bond acceptors (Lipinski definition) is 3. The van der Waals surface area contributed by atoms with Gasteiger partial charge in [0, 0.05) is 49.4 Å². The fraction of sp³-hybridized carbons (Fsp3) is 0.550. The summed E-state index contributed by atoms with van der Waals surface area (Å²) in [6.45, 7) is 9.53. The molecule has 0 bridgehead atoms. The lowest BCUT2D eigenvalue weighted by Gasteiger charge is -2.45. The van der Waals surface area contributed by atoms with Crippen molar-refractivity contribution >= 4 is 12.0 Å².